The lowest BCUT2D eigenvalue weighted by Gasteiger charge is -2.31. The zero-order valence-electron chi connectivity index (χ0n) is 15.8. The number of nitrogens with zero attached hydrogens (tertiary/aromatic N) is 1. The van der Waals surface area contributed by atoms with E-state index in [1.54, 1.807) is 0 Å². The Labute approximate surface area is 170 Å². The molecule has 0 spiro atoms. The summed E-state index contributed by atoms with van der Waals surface area (Å²) >= 11 is 3.47. The Kier molecular flexibility index (Phi) is 7.30. The van der Waals surface area contributed by atoms with E-state index in [0.717, 1.165) is 42.7 Å². The molecule has 1 amide bonds. The minimum absolute atomic E-state index is 0.116. The molecule has 1 fully saturated rings. The molecule has 0 unspecified atom stereocenters. The fourth-order valence-electron chi connectivity index (χ4n) is 3.39. The van der Waals surface area contributed by atoms with E-state index in [4.69, 9.17) is 4.74 Å². The molecule has 0 atom stereocenters. The zero-order chi connectivity index (χ0) is 19.1. The average molecular weight is 431 g/mol. The van der Waals surface area contributed by atoms with E-state index in [-0.39, 0.29) is 11.8 Å². The van der Waals surface area contributed by atoms with Crippen LogP contribution in [0.2, 0.25) is 0 Å². The van der Waals surface area contributed by atoms with E-state index < -0.39 is 0 Å². The minimum atomic E-state index is 0.116. The molecule has 144 valence electrons. The molecule has 5 heteroatoms. The van der Waals surface area contributed by atoms with Crippen molar-refractivity contribution < 1.29 is 9.53 Å². The minimum Gasteiger partial charge on any atom is -0.492 e. The largest absolute Gasteiger partial charge is 0.492 e. The lowest BCUT2D eigenvalue weighted by Crippen LogP contribution is -2.41. The summed E-state index contributed by atoms with van der Waals surface area (Å²) in [5.74, 6) is 1.13. The van der Waals surface area contributed by atoms with Crippen molar-refractivity contribution in [1.29, 1.82) is 0 Å². The Hall–Kier alpha value is -1.85. The normalized spacial score (nSPS) is 15.5. The van der Waals surface area contributed by atoms with Gasteiger partial charge in [-0.25, -0.2) is 0 Å². The number of hydrogen-bond acceptors (Lipinski definition) is 3. The van der Waals surface area contributed by atoms with Crippen molar-refractivity contribution in [2.45, 2.75) is 26.3 Å². The summed E-state index contributed by atoms with van der Waals surface area (Å²) in [6.07, 6.45) is 1.84. The van der Waals surface area contributed by atoms with E-state index in [1.807, 2.05) is 31.2 Å². The number of hydrogen-bond donors (Lipinski definition) is 1. The fraction of sp³-hybridized carbons (Fsp3) is 0.409. The molecule has 0 aromatic heterocycles. The third-order valence-electron chi connectivity index (χ3n) is 4.94. The molecule has 0 saturated carbocycles. The van der Waals surface area contributed by atoms with Gasteiger partial charge in [-0.3, -0.25) is 9.69 Å². The number of carbonyl (C=O) groups excluding carboxylic acids is 1. The van der Waals surface area contributed by atoms with Crippen molar-refractivity contribution in [1.82, 2.24) is 10.2 Å². The predicted octanol–water partition coefficient (Wildman–Crippen LogP) is 4.16. The van der Waals surface area contributed by atoms with Crippen LogP contribution in [0.3, 0.4) is 0 Å². The van der Waals surface area contributed by atoms with Gasteiger partial charge < -0.3 is 10.1 Å². The summed E-state index contributed by atoms with van der Waals surface area (Å²) in [7, 11) is 0. The number of carbonyl (C=O) groups is 1. The van der Waals surface area contributed by atoms with Gasteiger partial charge in [0.2, 0.25) is 5.91 Å². The van der Waals surface area contributed by atoms with Gasteiger partial charge in [-0.2, -0.15) is 0 Å². The second-order valence-corrected chi connectivity index (χ2v) is 8.05. The first-order valence-corrected chi connectivity index (χ1v) is 10.3. The number of halogens is 1. The van der Waals surface area contributed by atoms with E-state index in [2.05, 4.69) is 50.4 Å². The molecule has 0 radical (unpaired) electrons. The predicted molar refractivity (Wildman–Crippen MR) is 112 cm³/mol. The maximum Gasteiger partial charge on any atom is 0.223 e. The molecule has 1 saturated heterocycles. The number of ether oxygens (including phenoxy) is 1. The first kappa shape index (κ1) is 19.9. The third kappa shape index (κ3) is 6.36. The van der Waals surface area contributed by atoms with Gasteiger partial charge in [0, 0.05) is 16.9 Å². The molecule has 3 rings (SSSR count). The highest BCUT2D eigenvalue weighted by Gasteiger charge is 2.24. The molecule has 4 nitrogen and oxygen atoms in total. The van der Waals surface area contributed by atoms with Crippen molar-refractivity contribution in [3.05, 3.63) is 64.1 Å². The van der Waals surface area contributed by atoms with Gasteiger partial charge in [-0.05, 0) is 68.2 Å². The zero-order valence-corrected chi connectivity index (χ0v) is 17.4. The Balaban J connectivity index is 1.34. The van der Waals surface area contributed by atoms with E-state index in [1.165, 1.54) is 11.1 Å². The van der Waals surface area contributed by atoms with Crippen LogP contribution in [0.5, 0.6) is 5.75 Å². The number of nitrogens with one attached hydrogen (secondary N) is 1. The molecular weight excluding hydrogens is 404 g/mol. The van der Waals surface area contributed by atoms with Gasteiger partial charge in [-0.15, -0.1) is 0 Å². The van der Waals surface area contributed by atoms with Crippen molar-refractivity contribution in [2.24, 2.45) is 5.92 Å². The van der Waals surface area contributed by atoms with Gasteiger partial charge >= 0.3 is 0 Å². The van der Waals surface area contributed by atoms with E-state index >= 15 is 0 Å². The molecule has 0 bridgehead atoms. The summed E-state index contributed by atoms with van der Waals surface area (Å²) < 4.78 is 6.79. The van der Waals surface area contributed by atoms with Crippen molar-refractivity contribution >= 4 is 21.8 Å². The highest BCUT2D eigenvalue weighted by Crippen LogP contribution is 2.20. The molecule has 2 aromatic carbocycles. The van der Waals surface area contributed by atoms with Crippen LogP contribution in [0.1, 0.15) is 24.0 Å². The number of aryl methyl sites for hydroxylation is 1. The first-order chi connectivity index (χ1) is 13.1. The first-order valence-electron chi connectivity index (χ1n) is 9.54. The monoisotopic (exact) mass is 430 g/mol. The average Bonchev–Trinajstić information content (AvgIpc) is 2.67. The summed E-state index contributed by atoms with van der Waals surface area (Å²) in [5.41, 5.74) is 2.49. The van der Waals surface area contributed by atoms with E-state index in [0.29, 0.717) is 13.2 Å². The molecule has 1 aliphatic heterocycles. The van der Waals surface area contributed by atoms with Crippen LogP contribution in [-0.2, 0) is 11.3 Å². The summed E-state index contributed by atoms with van der Waals surface area (Å²) in [5, 5.41) is 3.02. The number of rotatable bonds is 7. The summed E-state index contributed by atoms with van der Waals surface area (Å²) in [6.45, 7) is 5.97. The number of piperidine rings is 1. The summed E-state index contributed by atoms with van der Waals surface area (Å²) in [4.78, 5) is 14.8. The maximum atomic E-state index is 12.4. The lowest BCUT2D eigenvalue weighted by atomic mass is 9.95. The quantitative estimate of drug-likeness (QED) is 0.670. The van der Waals surface area contributed by atoms with Crippen LogP contribution in [-0.4, -0.2) is 37.0 Å². The van der Waals surface area contributed by atoms with Gasteiger partial charge in [0.25, 0.3) is 0 Å². The Morgan fingerprint density at radius 2 is 1.93 bits per heavy atom. The Morgan fingerprint density at radius 3 is 2.63 bits per heavy atom. The van der Waals surface area contributed by atoms with Crippen LogP contribution in [0.4, 0.5) is 0 Å². The maximum absolute atomic E-state index is 12.4. The van der Waals surface area contributed by atoms with Gasteiger partial charge in [0.05, 0.1) is 6.54 Å². The second kappa shape index (κ2) is 9.90. The SMILES string of the molecule is Cc1cccc(OCCNC(=O)C2CCN(Cc3ccc(Br)cc3)CC2)c1. The highest BCUT2D eigenvalue weighted by atomic mass is 79.9. The summed E-state index contributed by atoms with van der Waals surface area (Å²) in [6, 6.07) is 16.4. The standard InChI is InChI=1S/C22H27BrN2O2/c1-17-3-2-4-21(15-17)27-14-11-24-22(26)19-9-12-25(13-10-19)16-18-5-7-20(23)8-6-18/h2-8,15,19H,9-14,16H2,1H3,(H,24,26). The van der Waals surface area contributed by atoms with E-state index in [9.17, 15) is 4.79 Å². The topological polar surface area (TPSA) is 41.6 Å². The third-order valence-corrected chi connectivity index (χ3v) is 5.47. The fourth-order valence-corrected chi connectivity index (χ4v) is 3.66. The number of likely N-dealkylation sites (tertiary alicyclic amines) is 1. The molecule has 0 aliphatic carbocycles. The van der Waals surface area contributed by atoms with Crippen LogP contribution in [0.25, 0.3) is 0 Å². The Morgan fingerprint density at radius 1 is 1.19 bits per heavy atom. The van der Waals surface area contributed by atoms with Crippen molar-refractivity contribution in [2.75, 3.05) is 26.2 Å². The lowest BCUT2D eigenvalue weighted by molar-refractivity contribution is -0.126. The molecule has 1 aliphatic rings. The molecule has 1 N–H and O–H groups in total. The van der Waals surface area contributed by atoms with Crippen LogP contribution in [0, 0.1) is 12.8 Å². The van der Waals surface area contributed by atoms with Crippen LogP contribution in [0.15, 0.2) is 53.0 Å². The smallest absolute Gasteiger partial charge is 0.223 e. The second-order valence-electron chi connectivity index (χ2n) is 7.13. The van der Waals surface area contributed by atoms with Gasteiger partial charge in [0.15, 0.2) is 0 Å². The van der Waals surface area contributed by atoms with Crippen molar-refractivity contribution in [3.8, 4) is 5.75 Å². The molecule has 27 heavy (non-hydrogen) atoms. The molecule has 1 heterocycles. The van der Waals surface area contributed by atoms with Gasteiger partial charge in [0.1, 0.15) is 12.4 Å². The molecular formula is C22H27BrN2O2. The van der Waals surface area contributed by atoms with Crippen molar-refractivity contribution in [3.63, 3.8) is 0 Å². The number of amides is 1. The molecule has 2 aromatic rings. The van der Waals surface area contributed by atoms with Gasteiger partial charge in [-0.1, -0.05) is 40.2 Å². The number of benzene rings is 2. The van der Waals surface area contributed by atoms with Crippen LogP contribution < -0.4 is 10.1 Å². The Bertz CT molecular complexity index is 740. The highest BCUT2D eigenvalue weighted by molar-refractivity contribution is 9.10. The van der Waals surface area contributed by atoms with Crippen LogP contribution >= 0.6 is 15.9 Å².